The molecular formula is C24H22N2O. The van der Waals surface area contributed by atoms with E-state index < -0.39 is 0 Å². The Hall–Kier alpha value is -3.20. The van der Waals surface area contributed by atoms with Crippen LogP contribution in [0, 0.1) is 0 Å². The largest absolute Gasteiger partial charge is 0.345 e. The van der Waals surface area contributed by atoms with Gasteiger partial charge in [-0.05, 0) is 33.2 Å². The van der Waals surface area contributed by atoms with Crippen molar-refractivity contribution in [2.45, 2.75) is 26.2 Å². The third-order valence-corrected chi connectivity index (χ3v) is 4.79. The van der Waals surface area contributed by atoms with E-state index in [2.05, 4.69) is 91.8 Å². The first-order chi connectivity index (χ1) is 13.1. The molecule has 0 atom stereocenters. The van der Waals surface area contributed by atoms with Crippen molar-refractivity contribution in [3.63, 3.8) is 0 Å². The molecule has 3 aromatic carbocycles. The van der Waals surface area contributed by atoms with Gasteiger partial charge in [-0.15, -0.1) is 5.10 Å². The van der Waals surface area contributed by atoms with Crippen LogP contribution in [0.25, 0.3) is 33.5 Å². The van der Waals surface area contributed by atoms with E-state index in [0.717, 1.165) is 16.8 Å². The van der Waals surface area contributed by atoms with Gasteiger partial charge >= 0.3 is 0 Å². The molecule has 0 saturated heterocycles. The number of benzene rings is 3. The second-order valence-corrected chi connectivity index (χ2v) is 7.68. The Morgan fingerprint density at radius 3 is 2.04 bits per heavy atom. The van der Waals surface area contributed by atoms with E-state index in [9.17, 15) is 0 Å². The highest BCUT2D eigenvalue weighted by Crippen LogP contribution is 2.43. The Labute approximate surface area is 159 Å². The van der Waals surface area contributed by atoms with E-state index >= 15 is 0 Å². The zero-order valence-corrected chi connectivity index (χ0v) is 15.8. The van der Waals surface area contributed by atoms with Gasteiger partial charge < -0.3 is 4.52 Å². The fourth-order valence-corrected chi connectivity index (χ4v) is 3.53. The van der Waals surface area contributed by atoms with Crippen LogP contribution in [-0.2, 0) is 5.41 Å². The van der Waals surface area contributed by atoms with Crippen LogP contribution < -0.4 is 0 Å². The van der Waals surface area contributed by atoms with Crippen molar-refractivity contribution in [2.75, 3.05) is 0 Å². The van der Waals surface area contributed by atoms with Crippen molar-refractivity contribution < 1.29 is 4.52 Å². The van der Waals surface area contributed by atoms with Gasteiger partial charge in [-0.3, -0.25) is 0 Å². The van der Waals surface area contributed by atoms with Crippen LogP contribution in [0.1, 0.15) is 26.3 Å². The molecule has 0 N–H and O–H groups in total. The maximum absolute atomic E-state index is 5.01. The van der Waals surface area contributed by atoms with E-state index in [1.165, 1.54) is 22.3 Å². The Kier molecular flexibility index (Phi) is 4.36. The fourth-order valence-electron chi connectivity index (χ4n) is 3.53. The van der Waals surface area contributed by atoms with E-state index in [-0.39, 0.29) is 5.41 Å². The van der Waals surface area contributed by atoms with Gasteiger partial charge in [0.2, 0.25) is 0 Å². The first kappa shape index (κ1) is 17.2. The second kappa shape index (κ2) is 6.84. The lowest BCUT2D eigenvalue weighted by molar-refractivity contribution is 0.393. The average molecular weight is 354 g/mol. The van der Waals surface area contributed by atoms with Crippen LogP contribution in [0.3, 0.4) is 0 Å². The fraction of sp³-hybridized carbons (Fsp3) is 0.167. The van der Waals surface area contributed by atoms with Crippen LogP contribution in [-0.4, -0.2) is 10.4 Å². The van der Waals surface area contributed by atoms with Gasteiger partial charge in [0.1, 0.15) is 5.69 Å². The summed E-state index contributed by atoms with van der Waals surface area (Å²) in [6, 6.07) is 25.4. The van der Waals surface area contributed by atoms with Gasteiger partial charge in [0.05, 0.1) is 0 Å². The molecule has 0 unspecified atom stereocenters. The third-order valence-electron chi connectivity index (χ3n) is 4.79. The summed E-state index contributed by atoms with van der Waals surface area (Å²) >= 11 is 0. The summed E-state index contributed by atoms with van der Waals surface area (Å²) in [6.45, 7) is 6.75. The van der Waals surface area contributed by atoms with Gasteiger partial charge in [-0.25, -0.2) is 0 Å². The molecule has 1 aromatic heterocycles. The van der Waals surface area contributed by atoms with Gasteiger partial charge in [-0.1, -0.05) is 93.6 Å². The van der Waals surface area contributed by atoms with Crippen LogP contribution >= 0.6 is 0 Å². The lowest BCUT2D eigenvalue weighted by atomic mass is 9.78. The molecule has 3 heteroatoms. The quantitative estimate of drug-likeness (QED) is 0.429. The van der Waals surface area contributed by atoms with Gasteiger partial charge in [0.15, 0.2) is 6.26 Å². The summed E-state index contributed by atoms with van der Waals surface area (Å²) in [5.74, 6) is 0. The molecule has 0 amide bonds. The zero-order valence-electron chi connectivity index (χ0n) is 15.8. The Bertz CT molecular complexity index is 1050. The molecule has 0 aliphatic heterocycles. The van der Waals surface area contributed by atoms with E-state index in [1.807, 2.05) is 12.1 Å². The summed E-state index contributed by atoms with van der Waals surface area (Å²) in [6.07, 6.45) is 1.60. The summed E-state index contributed by atoms with van der Waals surface area (Å²) in [5.41, 5.74) is 7.84. The molecule has 4 rings (SSSR count). The normalized spacial score (nSPS) is 11.5. The number of hydrogen-bond acceptors (Lipinski definition) is 3. The Morgan fingerprint density at radius 2 is 1.37 bits per heavy atom. The summed E-state index contributed by atoms with van der Waals surface area (Å²) < 4.78 is 5.01. The van der Waals surface area contributed by atoms with Crippen molar-refractivity contribution in [1.82, 2.24) is 10.4 Å². The van der Waals surface area contributed by atoms with Crippen LogP contribution in [0.15, 0.2) is 83.6 Å². The van der Waals surface area contributed by atoms with E-state index in [0.29, 0.717) is 0 Å². The van der Waals surface area contributed by atoms with E-state index in [1.54, 1.807) is 6.26 Å². The first-order valence-electron chi connectivity index (χ1n) is 9.11. The zero-order chi connectivity index (χ0) is 18.9. The Morgan fingerprint density at radius 1 is 0.704 bits per heavy atom. The average Bonchev–Trinajstić information content (AvgIpc) is 3.22. The number of hydrogen-bond donors (Lipinski definition) is 0. The highest BCUT2D eigenvalue weighted by Gasteiger charge is 2.23. The van der Waals surface area contributed by atoms with Crippen molar-refractivity contribution in [3.05, 3.63) is 84.6 Å². The predicted molar refractivity (Wildman–Crippen MR) is 109 cm³/mol. The lowest BCUT2D eigenvalue weighted by Crippen LogP contribution is -2.13. The number of nitrogens with zero attached hydrogens (tertiary/aromatic N) is 2. The van der Waals surface area contributed by atoms with Crippen molar-refractivity contribution in [3.8, 4) is 33.5 Å². The summed E-state index contributed by atoms with van der Waals surface area (Å²) in [4.78, 5) is 0. The van der Waals surface area contributed by atoms with Gasteiger partial charge in [0, 0.05) is 10.8 Å². The molecular weight excluding hydrogens is 332 g/mol. The molecule has 27 heavy (non-hydrogen) atoms. The number of aromatic nitrogens is 2. The first-order valence-corrected chi connectivity index (χ1v) is 9.11. The monoisotopic (exact) mass is 354 g/mol. The highest BCUT2D eigenvalue weighted by atomic mass is 16.5. The Balaban J connectivity index is 2.06. The van der Waals surface area contributed by atoms with Crippen LogP contribution in [0.2, 0.25) is 0 Å². The van der Waals surface area contributed by atoms with Crippen molar-refractivity contribution >= 4 is 0 Å². The van der Waals surface area contributed by atoms with E-state index in [4.69, 9.17) is 4.52 Å². The topological polar surface area (TPSA) is 38.9 Å². The molecule has 0 bridgehead atoms. The van der Waals surface area contributed by atoms with Crippen LogP contribution in [0.5, 0.6) is 0 Å². The number of rotatable bonds is 3. The molecule has 0 spiro atoms. The molecule has 0 saturated carbocycles. The minimum absolute atomic E-state index is 0.00465. The van der Waals surface area contributed by atoms with Crippen molar-refractivity contribution in [1.29, 1.82) is 0 Å². The van der Waals surface area contributed by atoms with Gasteiger partial charge in [0.25, 0.3) is 0 Å². The predicted octanol–water partition coefficient (Wildman–Crippen LogP) is 6.37. The van der Waals surface area contributed by atoms with Crippen molar-refractivity contribution in [2.24, 2.45) is 0 Å². The molecule has 0 aliphatic rings. The molecule has 4 aromatic rings. The highest BCUT2D eigenvalue weighted by molar-refractivity contribution is 5.92. The summed E-state index contributed by atoms with van der Waals surface area (Å²) in [7, 11) is 0. The minimum Gasteiger partial charge on any atom is -0.345 e. The van der Waals surface area contributed by atoms with Crippen LogP contribution in [0.4, 0.5) is 0 Å². The molecule has 0 aliphatic carbocycles. The second-order valence-electron chi connectivity index (χ2n) is 7.68. The molecule has 1 heterocycles. The smallest absolute Gasteiger partial charge is 0.152 e. The molecule has 0 fully saturated rings. The molecule has 134 valence electrons. The maximum atomic E-state index is 5.01. The standard InChI is InChI=1S/C24H22N2O/c1-24(2,3)21-15-9-14-18(17-10-5-4-6-11-17)23(21)20-13-8-7-12-19(20)22-16-27-26-25-22/h4-16H,1-3H3. The summed E-state index contributed by atoms with van der Waals surface area (Å²) in [5, 5.41) is 7.81. The molecule has 3 nitrogen and oxygen atoms in total. The SMILES string of the molecule is CC(C)(C)c1cccc(-c2ccccc2)c1-c1ccccc1-c1conn1. The maximum Gasteiger partial charge on any atom is 0.152 e. The minimum atomic E-state index is -0.00465. The lowest BCUT2D eigenvalue weighted by Gasteiger charge is -2.26. The third kappa shape index (κ3) is 3.28. The molecule has 0 radical (unpaired) electrons. The van der Waals surface area contributed by atoms with Gasteiger partial charge in [-0.2, -0.15) is 0 Å².